The van der Waals surface area contributed by atoms with E-state index in [4.69, 9.17) is 11.6 Å². The summed E-state index contributed by atoms with van der Waals surface area (Å²) in [5, 5.41) is 3.35. The van der Waals surface area contributed by atoms with Crippen molar-refractivity contribution in [2.45, 2.75) is 52.6 Å². The highest BCUT2D eigenvalue weighted by molar-refractivity contribution is 7.92. The van der Waals surface area contributed by atoms with Crippen LogP contribution in [0.5, 0.6) is 0 Å². The SMILES string of the molecule is CCCNC(=O)C(C)N(Cc1ccccc1Cl)C(=O)CCCN(c1ccccc1C)S(C)(=O)=O. The maximum absolute atomic E-state index is 13.2. The standard InChI is InChI=1S/C25H34ClN3O4S/c1-5-16-27-25(31)20(3)28(18-21-12-7-8-13-22(21)26)24(30)15-10-17-29(34(4,32)33)23-14-9-6-11-19(23)2/h6-9,11-14,20H,5,10,15-18H2,1-4H3,(H,27,31). The van der Waals surface area contributed by atoms with Gasteiger partial charge in [-0.05, 0) is 49.9 Å². The summed E-state index contributed by atoms with van der Waals surface area (Å²) in [5.74, 6) is -0.475. The Morgan fingerprint density at radius 1 is 1.09 bits per heavy atom. The maximum atomic E-state index is 13.2. The first-order valence-electron chi connectivity index (χ1n) is 11.4. The number of halogens is 1. The number of hydrogen-bond donors (Lipinski definition) is 1. The van der Waals surface area contributed by atoms with Crippen molar-refractivity contribution in [2.24, 2.45) is 0 Å². The van der Waals surface area contributed by atoms with Crippen LogP contribution in [0.15, 0.2) is 48.5 Å². The van der Waals surface area contributed by atoms with Gasteiger partial charge in [-0.15, -0.1) is 0 Å². The zero-order valence-electron chi connectivity index (χ0n) is 20.3. The topological polar surface area (TPSA) is 86.8 Å². The van der Waals surface area contributed by atoms with Gasteiger partial charge in [0, 0.05) is 31.1 Å². The average molecular weight is 508 g/mol. The van der Waals surface area contributed by atoms with Crippen LogP contribution >= 0.6 is 11.6 Å². The fourth-order valence-corrected chi connectivity index (χ4v) is 4.83. The van der Waals surface area contributed by atoms with Crippen molar-refractivity contribution in [1.82, 2.24) is 10.2 Å². The zero-order valence-corrected chi connectivity index (χ0v) is 21.8. The Morgan fingerprint density at radius 3 is 2.35 bits per heavy atom. The van der Waals surface area contributed by atoms with Crippen LogP contribution in [0.2, 0.25) is 5.02 Å². The Hall–Kier alpha value is -2.58. The second-order valence-electron chi connectivity index (χ2n) is 8.31. The number of hydrogen-bond acceptors (Lipinski definition) is 4. The van der Waals surface area contributed by atoms with Gasteiger partial charge in [-0.3, -0.25) is 13.9 Å². The Labute approximate surface area is 208 Å². The number of para-hydroxylation sites is 1. The summed E-state index contributed by atoms with van der Waals surface area (Å²) >= 11 is 6.31. The smallest absolute Gasteiger partial charge is 0.242 e. The van der Waals surface area contributed by atoms with Crippen LogP contribution in [0.25, 0.3) is 0 Å². The first-order valence-corrected chi connectivity index (χ1v) is 13.6. The molecule has 2 aromatic rings. The number of carbonyl (C=O) groups is 2. The number of carbonyl (C=O) groups excluding carboxylic acids is 2. The molecule has 0 bridgehead atoms. The van der Waals surface area contributed by atoms with E-state index in [2.05, 4.69) is 5.32 Å². The molecule has 0 aliphatic heterocycles. The molecule has 1 unspecified atom stereocenters. The molecule has 7 nitrogen and oxygen atoms in total. The second kappa shape index (κ2) is 12.8. The number of sulfonamides is 1. The van der Waals surface area contributed by atoms with Crippen molar-refractivity contribution in [3.8, 4) is 0 Å². The van der Waals surface area contributed by atoms with Crippen molar-refractivity contribution in [3.63, 3.8) is 0 Å². The van der Waals surface area contributed by atoms with Crippen LogP contribution in [0.4, 0.5) is 5.69 Å². The minimum absolute atomic E-state index is 0.0910. The first-order chi connectivity index (χ1) is 16.1. The number of aryl methyl sites for hydroxylation is 1. The van der Waals surface area contributed by atoms with Crippen LogP contribution in [-0.4, -0.2) is 50.5 Å². The predicted octanol–water partition coefficient (Wildman–Crippen LogP) is 4.14. The van der Waals surface area contributed by atoms with Gasteiger partial charge < -0.3 is 10.2 Å². The van der Waals surface area contributed by atoms with E-state index in [1.807, 2.05) is 38.1 Å². The van der Waals surface area contributed by atoms with Gasteiger partial charge in [0.1, 0.15) is 6.04 Å². The fraction of sp³-hybridized carbons (Fsp3) is 0.440. The van der Waals surface area contributed by atoms with Crippen molar-refractivity contribution >= 4 is 39.1 Å². The van der Waals surface area contributed by atoms with Crippen LogP contribution < -0.4 is 9.62 Å². The van der Waals surface area contributed by atoms with Gasteiger partial charge in [0.15, 0.2) is 0 Å². The molecule has 0 saturated carbocycles. The number of nitrogens with zero attached hydrogens (tertiary/aromatic N) is 2. The van der Waals surface area contributed by atoms with Gasteiger partial charge in [-0.25, -0.2) is 8.42 Å². The third kappa shape index (κ3) is 7.74. The Balaban J connectivity index is 2.17. The lowest BCUT2D eigenvalue weighted by molar-refractivity contribution is -0.140. The largest absolute Gasteiger partial charge is 0.354 e. The number of benzene rings is 2. The van der Waals surface area contributed by atoms with Crippen molar-refractivity contribution in [3.05, 3.63) is 64.7 Å². The summed E-state index contributed by atoms with van der Waals surface area (Å²) in [6.45, 7) is 6.37. The molecule has 0 spiro atoms. The van der Waals surface area contributed by atoms with Crippen molar-refractivity contribution in [2.75, 3.05) is 23.7 Å². The van der Waals surface area contributed by atoms with Gasteiger partial charge in [-0.1, -0.05) is 54.9 Å². The Bertz CT molecular complexity index is 1090. The minimum Gasteiger partial charge on any atom is -0.354 e. The number of nitrogens with one attached hydrogen (secondary N) is 1. The van der Waals surface area contributed by atoms with Crippen LogP contribution in [0, 0.1) is 6.92 Å². The van der Waals surface area contributed by atoms with E-state index in [1.54, 1.807) is 31.2 Å². The Kier molecular flexibility index (Phi) is 10.4. The van der Waals surface area contributed by atoms with Crippen LogP contribution in [0.3, 0.4) is 0 Å². The lowest BCUT2D eigenvalue weighted by atomic mass is 10.1. The highest BCUT2D eigenvalue weighted by atomic mass is 35.5. The van der Waals surface area contributed by atoms with E-state index in [0.29, 0.717) is 23.7 Å². The normalized spacial score (nSPS) is 12.1. The number of anilines is 1. The lowest BCUT2D eigenvalue weighted by Gasteiger charge is -2.30. The van der Waals surface area contributed by atoms with E-state index < -0.39 is 16.1 Å². The molecule has 2 amide bonds. The summed E-state index contributed by atoms with van der Waals surface area (Å²) in [5.41, 5.74) is 2.17. The van der Waals surface area contributed by atoms with Gasteiger partial charge in [0.05, 0.1) is 11.9 Å². The van der Waals surface area contributed by atoms with E-state index in [-0.39, 0.29) is 31.3 Å². The molecule has 0 fully saturated rings. The highest BCUT2D eigenvalue weighted by Crippen LogP contribution is 2.23. The third-order valence-corrected chi connectivity index (χ3v) is 7.10. The molecule has 9 heteroatoms. The molecular formula is C25H34ClN3O4S. The van der Waals surface area contributed by atoms with Gasteiger partial charge in [-0.2, -0.15) is 0 Å². The quantitative estimate of drug-likeness (QED) is 0.467. The fourth-order valence-electron chi connectivity index (χ4n) is 3.61. The minimum atomic E-state index is -3.53. The van der Waals surface area contributed by atoms with Gasteiger partial charge >= 0.3 is 0 Å². The average Bonchev–Trinajstić information content (AvgIpc) is 2.79. The van der Waals surface area contributed by atoms with E-state index in [1.165, 1.54) is 9.21 Å². The molecule has 0 saturated heterocycles. The molecular weight excluding hydrogens is 474 g/mol. The number of amides is 2. The molecule has 2 rings (SSSR count). The van der Waals surface area contributed by atoms with Crippen LogP contribution in [-0.2, 0) is 26.2 Å². The first kappa shape index (κ1) is 27.7. The maximum Gasteiger partial charge on any atom is 0.242 e. The molecule has 1 N–H and O–H groups in total. The summed E-state index contributed by atoms with van der Waals surface area (Å²) in [4.78, 5) is 27.4. The molecule has 0 heterocycles. The molecule has 1 atom stereocenters. The predicted molar refractivity (Wildman–Crippen MR) is 137 cm³/mol. The number of rotatable bonds is 12. The van der Waals surface area contributed by atoms with E-state index in [0.717, 1.165) is 23.8 Å². The van der Waals surface area contributed by atoms with Gasteiger partial charge in [0.2, 0.25) is 21.8 Å². The molecule has 186 valence electrons. The van der Waals surface area contributed by atoms with E-state index in [9.17, 15) is 18.0 Å². The lowest BCUT2D eigenvalue weighted by Crippen LogP contribution is -2.48. The Morgan fingerprint density at radius 2 is 1.74 bits per heavy atom. The molecule has 0 aromatic heterocycles. The summed E-state index contributed by atoms with van der Waals surface area (Å²) in [6, 6.07) is 13.7. The van der Waals surface area contributed by atoms with Crippen LogP contribution in [0.1, 0.15) is 44.2 Å². The highest BCUT2D eigenvalue weighted by Gasteiger charge is 2.27. The zero-order chi connectivity index (χ0) is 25.3. The summed E-state index contributed by atoms with van der Waals surface area (Å²) in [7, 11) is -3.53. The third-order valence-electron chi connectivity index (χ3n) is 5.55. The van der Waals surface area contributed by atoms with Crippen molar-refractivity contribution < 1.29 is 18.0 Å². The second-order valence-corrected chi connectivity index (χ2v) is 10.6. The molecule has 34 heavy (non-hydrogen) atoms. The van der Waals surface area contributed by atoms with Gasteiger partial charge in [0.25, 0.3) is 0 Å². The van der Waals surface area contributed by atoms with Crippen molar-refractivity contribution in [1.29, 1.82) is 0 Å². The molecule has 2 aromatic carbocycles. The molecule has 0 radical (unpaired) electrons. The van der Waals surface area contributed by atoms with E-state index >= 15 is 0 Å². The molecule has 0 aliphatic rings. The molecule has 0 aliphatic carbocycles. The summed E-state index contributed by atoms with van der Waals surface area (Å²) in [6.07, 6.45) is 2.35. The monoisotopic (exact) mass is 507 g/mol. The summed E-state index contributed by atoms with van der Waals surface area (Å²) < 4.78 is 26.2.